The molecular formula is C24H32FIN8O. The van der Waals surface area contributed by atoms with Gasteiger partial charge in [-0.25, -0.2) is 23.8 Å². The first-order valence-electron chi connectivity index (χ1n) is 11.0. The molecule has 0 aliphatic heterocycles. The summed E-state index contributed by atoms with van der Waals surface area (Å²) in [5.41, 5.74) is 2.44. The van der Waals surface area contributed by atoms with Gasteiger partial charge in [0.1, 0.15) is 17.3 Å². The van der Waals surface area contributed by atoms with Crippen molar-refractivity contribution < 1.29 is 10.6 Å². The van der Waals surface area contributed by atoms with Crippen LogP contribution in [0, 0.1) is 12.7 Å². The van der Waals surface area contributed by atoms with Crippen molar-refractivity contribution in [1.29, 1.82) is 0 Å². The van der Waals surface area contributed by atoms with Gasteiger partial charge >= 0.3 is 0 Å². The fourth-order valence-corrected chi connectivity index (χ4v) is 3.53. The maximum absolute atomic E-state index is 14.8. The average molecular weight is 594 g/mol. The van der Waals surface area contributed by atoms with Gasteiger partial charge in [-0.2, -0.15) is 0 Å². The van der Waals surface area contributed by atoms with Crippen LogP contribution in [0.1, 0.15) is 63.4 Å². The molecular weight excluding hydrogens is 562 g/mol. The Morgan fingerprint density at radius 1 is 1.31 bits per heavy atom. The van der Waals surface area contributed by atoms with Crippen LogP contribution in [0.15, 0.2) is 48.0 Å². The van der Waals surface area contributed by atoms with Crippen LogP contribution in [0.2, 0.25) is 0 Å². The lowest BCUT2D eigenvalue weighted by atomic mass is 9.93. The monoisotopic (exact) mass is 594 g/mol. The van der Waals surface area contributed by atoms with E-state index in [2.05, 4.69) is 44.8 Å². The minimum atomic E-state index is -0.625. The minimum absolute atomic E-state index is 0. The first-order chi connectivity index (χ1) is 16.4. The molecule has 0 saturated carbocycles. The second kappa shape index (κ2) is 10.7. The summed E-state index contributed by atoms with van der Waals surface area (Å²) in [7, 11) is 0. The fourth-order valence-electron chi connectivity index (χ4n) is 3.30. The second-order valence-corrected chi connectivity index (χ2v) is 9.90. The molecule has 35 heavy (non-hydrogen) atoms. The van der Waals surface area contributed by atoms with Crippen LogP contribution in [0.4, 0.5) is 10.2 Å². The number of benzene rings is 1. The number of anilines is 1. The van der Waals surface area contributed by atoms with Gasteiger partial charge < -0.3 is 9.88 Å². The van der Waals surface area contributed by atoms with Crippen molar-refractivity contribution in [3.05, 3.63) is 71.2 Å². The normalized spacial score (nSPS) is 12.1. The van der Waals surface area contributed by atoms with Crippen molar-refractivity contribution in [2.75, 3.05) is 5.32 Å². The number of nitrogens with two attached hydrogens (primary N) is 1. The van der Waals surface area contributed by atoms with Crippen molar-refractivity contribution in [3.8, 4) is 5.69 Å². The van der Waals surface area contributed by atoms with Crippen molar-refractivity contribution in [1.82, 2.24) is 23.2 Å². The lowest BCUT2D eigenvalue weighted by Crippen LogP contribution is -2.44. The molecule has 0 radical (unpaired) electrons. The van der Waals surface area contributed by atoms with E-state index in [1.54, 1.807) is 36.0 Å². The number of amidine groups is 1. The number of aryl methyl sites for hydroxylation is 1. The molecule has 11 heteroatoms. The maximum Gasteiger partial charge on any atom is 0.259 e. The van der Waals surface area contributed by atoms with E-state index < -0.39 is 11.7 Å². The van der Waals surface area contributed by atoms with E-state index in [0.717, 1.165) is 5.69 Å². The summed E-state index contributed by atoms with van der Waals surface area (Å²) in [6.07, 6.45) is 3.56. The molecule has 0 bridgehead atoms. The quantitative estimate of drug-likeness (QED) is 0.0953. The summed E-state index contributed by atoms with van der Waals surface area (Å²) < 4.78 is 19.3. The fraction of sp³-hybridized carbons (Fsp3) is 0.333. The number of amides is 1. The van der Waals surface area contributed by atoms with E-state index in [9.17, 15) is 9.18 Å². The Balaban J connectivity index is 0.00000456. The van der Waals surface area contributed by atoms with Crippen LogP contribution in [-0.4, -0.2) is 37.3 Å². The molecule has 0 atom stereocenters. The number of imidazole rings is 1. The van der Waals surface area contributed by atoms with Gasteiger partial charge in [-0.05, 0) is 50.6 Å². The number of halogens is 2. The zero-order valence-corrected chi connectivity index (χ0v) is 22.8. The number of nitrogens with one attached hydrogen (secondary N) is 2. The lowest BCUT2D eigenvalue weighted by Gasteiger charge is -2.23. The second-order valence-electron chi connectivity index (χ2n) is 9.42. The number of carbonyl (C=O) groups is 1. The van der Waals surface area contributed by atoms with E-state index >= 15 is 0 Å². The molecule has 4 N–H and O–H groups in total. The Morgan fingerprint density at radius 3 is 2.63 bits per heavy atom. The predicted octanol–water partition coefficient (Wildman–Crippen LogP) is 4.70. The number of pyridine rings is 1. The third-order valence-electron chi connectivity index (χ3n) is 5.33. The van der Waals surface area contributed by atoms with Crippen molar-refractivity contribution in [3.63, 3.8) is 0 Å². The molecule has 0 spiro atoms. The zero-order chi connectivity index (χ0) is 25.9. The zero-order valence-electron chi connectivity index (χ0n) is 20.6. The number of hydrogen-bond donors (Lipinski definition) is 3. The van der Waals surface area contributed by atoms with E-state index in [4.69, 9.17) is 5.84 Å². The minimum Gasteiger partial charge on any atom is -0.306 e. The van der Waals surface area contributed by atoms with Gasteiger partial charge in [0.2, 0.25) is 0 Å². The van der Waals surface area contributed by atoms with Crippen LogP contribution < -0.4 is 14.8 Å². The lowest BCUT2D eigenvalue weighted by molar-refractivity contribution is 0.102. The number of aromatic nitrogens is 3. The molecule has 3 rings (SSSR count). The summed E-state index contributed by atoms with van der Waals surface area (Å²) in [5.74, 6) is 5.52. The van der Waals surface area contributed by atoms with E-state index in [1.165, 1.54) is 17.1 Å². The molecule has 3 aromatic rings. The van der Waals surface area contributed by atoms with Gasteiger partial charge in [-0.15, -0.1) is 5.10 Å². The van der Waals surface area contributed by atoms with Gasteiger partial charge in [-0.1, -0.05) is 26.8 Å². The average Bonchev–Trinajstić information content (AvgIpc) is 3.27. The van der Waals surface area contributed by atoms with E-state index in [-0.39, 0.29) is 24.3 Å². The van der Waals surface area contributed by atoms with Crippen LogP contribution >= 0.6 is 22.9 Å². The van der Waals surface area contributed by atoms with Crippen LogP contribution in [0.25, 0.3) is 5.69 Å². The van der Waals surface area contributed by atoms with E-state index in [0.29, 0.717) is 22.8 Å². The number of hydrazone groups is 1. The number of carbonyl (C=O) groups excluding carboxylic acids is 1. The van der Waals surface area contributed by atoms with Crippen molar-refractivity contribution in [2.45, 2.75) is 53.0 Å². The van der Waals surface area contributed by atoms with Crippen LogP contribution in [0.5, 0.6) is 0 Å². The Labute approximate surface area is 220 Å². The number of hydrazine groups is 1. The van der Waals surface area contributed by atoms with Crippen molar-refractivity contribution >= 4 is 40.4 Å². The molecule has 2 aromatic heterocycles. The van der Waals surface area contributed by atoms with Gasteiger partial charge in [0.25, 0.3) is 5.91 Å². The summed E-state index contributed by atoms with van der Waals surface area (Å²) in [5, 5.41) is 8.33. The van der Waals surface area contributed by atoms with E-state index in [1.807, 2.05) is 42.9 Å². The van der Waals surface area contributed by atoms with Gasteiger partial charge in [0.15, 0.2) is 5.84 Å². The van der Waals surface area contributed by atoms with Crippen LogP contribution in [-0.2, 0) is 5.41 Å². The third kappa shape index (κ3) is 6.14. The molecule has 0 unspecified atom stereocenters. The highest BCUT2D eigenvalue weighted by Gasteiger charge is 2.21. The molecule has 1 aromatic carbocycles. The number of nitrogens with zero attached hydrogens (tertiary/aromatic N) is 5. The summed E-state index contributed by atoms with van der Waals surface area (Å²) in [6, 6.07) is 7.88. The Morgan fingerprint density at radius 2 is 2.03 bits per heavy atom. The van der Waals surface area contributed by atoms with Crippen molar-refractivity contribution in [2.24, 2.45) is 10.9 Å². The predicted molar refractivity (Wildman–Crippen MR) is 146 cm³/mol. The Bertz CT molecular complexity index is 1260. The largest absolute Gasteiger partial charge is 0.306 e. The summed E-state index contributed by atoms with van der Waals surface area (Å²) in [4.78, 5) is 22.0. The SMILES string of the molecule is Cc1cc(F)c(C(=O)Nc2cccc(/C(=N/NI)N(N)C(C)C)n2)cc1-n1cnc(C(C)(C)C)c1.[HH]. The molecule has 0 saturated heterocycles. The first kappa shape index (κ1) is 26.5. The summed E-state index contributed by atoms with van der Waals surface area (Å²) in [6.45, 7) is 11.8. The number of hydrogen-bond acceptors (Lipinski definition) is 6. The van der Waals surface area contributed by atoms with Gasteiger partial charge in [0, 0.05) is 19.1 Å². The molecule has 0 fully saturated rings. The first-order valence-corrected chi connectivity index (χ1v) is 12.1. The van der Waals surface area contributed by atoms with Gasteiger partial charge in [0.05, 0.1) is 46.1 Å². The molecule has 0 aliphatic carbocycles. The highest BCUT2D eigenvalue weighted by Crippen LogP contribution is 2.24. The molecule has 2 heterocycles. The topological polar surface area (TPSA) is 113 Å². The maximum atomic E-state index is 14.8. The standard InChI is InChI=1S/C24H30FIN8O.H2/c1-14(2)34(27)22(31-32-26)18-8-7-9-21(29-18)30-23(35)16-11-19(15(3)10-17(16)25)33-12-20(28-13-33)24(4,5)6;/h7-14,32H,27H2,1-6H3,(H,29,30,35);1H/b31-22-;. The Kier molecular flexibility index (Phi) is 8.11. The molecule has 9 nitrogen and oxygen atoms in total. The smallest absolute Gasteiger partial charge is 0.259 e. The number of rotatable bonds is 6. The van der Waals surface area contributed by atoms with Gasteiger partial charge in [-0.3, -0.25) is 9.80 Å². The molecule has 0 aliphatic rings. The highest BCUT2D eigenvalue weighted by molar-refractivity contribution is 14.1. The highest BCUT2D eigenvalue weighted by atomic mass is 127. The van der Waals surface area contributed by atoms with Crippen LogP contribution in [0.3, 0.4) is 0 Å². The molecule has 1 amide bonds. The third-order valence-corrected chi connectivity index (χ3v) is 5.57. The molecule has 188 valence electrons. The summed E-state index contributed by atoms with van der Waals surface area (Å²) >= 11 is 1.88. The Hall–Kier alpha value is -3.06.